The summed E-state index contributed by atoms with van der Waals surface area (Å²) in [6.45, 7) is 4.26. The quantitative estimate of drug-likeness (QED) is 0.772. The van der Waals surface area contributed by atoms with Crippen LogP contribution in [0.25, 0.3) is 0 Å². The van der Waals surface area contributed by atoms with E-state index in [4.69, 9.17) is 11.6 Å². The molecule has 0 aliphatic rings. The van der Waals surface area contributed by atoms with Crippen LogP contribution in [0.3, 0.4) is 0 Å². The second-order valence-electron chi connectivity index (χ2n) is 4.55. The second kappa shape index (κ2) is 6.41. The third-order valence-corrected chi connectivity index (χ3v) is 2.94. The molecule has 0 saturated heterocycles. The van der Waals surface area contributed by atoms with Crippen molar-refractivity contribution in [3.8, 4) is 0 Å². The molecule has 0 N–H and O–H groups in total. The van der Waals surface area contributed by atoms with Gasteiger partial charge in [-0.05, 0) is 20.3 Å². The lowest BCUT2D eigenvalue weighted by Gasteiger charge is -2.30. The van der Waals surface area contributed by atoms with Gasteiger partial charge in [-0.25, -0.2) is 9.97 Å². The smallest absolute Gasteiger partial charge is 0.345 e. The van der Waals surface area contributed by atoms with Crippen LogP contribution in [0.5, 0.6) is 0 Å². The summed E-state index contributed by atoms with van der Waals surface area (Å²) >= 11 is 5.97. The Bertz CT molecular complexity index is 421. The zero-order valence-electron chi connectivity index (χ0n) is 11.1. The van der Waals surface area contributed by atoms with E-state index in [-0.39, 0.29) is 17.0 Å². The minimum absolute atomic E-state index is 0.222. The van der Waals surface area contributed by atoms with E-state index in [1.165, 1.54) is 11.2 Å². The Morgan fingerprint density at radius 1 is 1.32 bits per heavy atom. The molecule has 1 heterocycles. The maximum Gasteiger partial charge on any atom is 0.405 e. The fourth-order valence-electron chi connectivity index (χ4n) is 1.79. The molecule has 7 heteroatoms. The van der Waals surface area contributed by atoms with Crippen molar-refractivity contribution in [1.82, 2.24) is 9.97 Å². The summed E-state index contributed by atoms with van der Waals surface area (Å²) in [5, 5.41) is 0.222. The van der Waals surface area contributed by atoms with E-state index < -0.39 is 12.7 Å². The van der Waals surface area contributed by atoms with Crippen LogP contribution in [0.15, 0.2) is 6.33 Å². The van der Waals surface area contributed by atoms with Gasteiger partial charge in [0.05, 0.1) is 0 Å². The molecule has 1 aromatic heterocycles. The largest absolute Gasteiger partial charge is 0.405 e. The van der Waals surface area contributed by atoms with Gasteiger partial charge in [-0.3, -0.25) is 0 Å². The molecule has 0 atom stereocenters. The van der Waals surface area contributed by atoms with Crippen molar-refractivity contribution < 1.29 is 13.2 Å². The Morgan fingerprint density at radius 2 is 1.95 bits per heavy atom. The lowest BCUT2D eigenvalue weighted by atomic mass is 10.1. The summed E-state index contributed by atoms with van der Waals surface area (Å²) in [6, 6.07) is -0.330. The maximum atomic E-state index is 12.7. The monoisotopic (exact) mass is 295 g/mol. The second-order valence-corrected chi connectivity index (χ2v) is 4.91. The first kappa shape index (κ1) is 16.0. The zero-order valence-corrected chi connectivity index (χ0v) is 11.9. The van der Waals surface area contributed by atoms with Gasteiger partial charge in [0.15, 0.2) is 0 Å². The lowest BCUT2D eigenvalue weighted by molar-refractivity contribution is -0.120. The van der Waals surface area contributed by atoms with Crippen molar-refractivity contribution in [2.24, 2.45) is 0 Å². The average Bonchev–Trinajstić information content (AvgIpc) is 2.28. The van der Waals surface area contributed by atoms with E-state index in [0.717, 1.165) is 6.42 Å². The SMILES string of the molecule is CCCc1c(Cl)ncnc1N(CC(F)(F)F)C(C)C. The lowest BCUT2D eigenvalue weighted by Crippen LogP contribution is -2.40. The van der Waals surface area contributed by atoms with Crippen LogP contribution in [-0.2, 0) is 6.42 Å². The van der Waals surface area contributed by atoms with Crippen molar-refractivity contribution >= 4 is 17.4 Å². The first-order valence-electron chi connectivity index (χ1n) is 6.09. The molecule has 0 unspecified atom stereocenters. The summed E-state index contributed by atoms with van der Waals surface area (Å²) in [5.74, 6) is 0.272. The minimum atomic E-state index is -4.29. The number of anilines is 1. The van der Waals surface area contributed by atoms with E-state index >= 15 is 0 Å². The molecule has 0 amide bonds. The van der Waals surface area contributed by atoms with E-state index in [1.54, 1.807) is 13.8 Å². The molecular formula is C12H17ClF3N3. The van der Waals surface area contributed by atoms with Crippen LogP contribution in [0.1, 0.15) is 32.8 Å². The molecule has 3 nitrogen and oxygen atoms in total. The van der Waals surface area contributed by atoms with Gasteiger partial charge in [0.25, 0.3) is 0 Å². The number of halogens is 4. The van der Waals surface area contributed by atoms with Crippen molar-refractivity contribution in [2.75, 3.05) is 11.4 Å². The van der Waals surface area contributed by atoms with E-state index in [1.807, 2.05) is 6.92 Å². The van der Waals surface area contributed by atoms with Crippen LogP contribution in [-0.4, -0.2) is 28.7 Å². The first-order valence-corrected chi connectivity index (χ1v) is 6.46. The maximum absolute atomic E-state index is 12.7. The predicted octanol–water partition coefficient (Wildman–Crippen LogP) is 3.86. The Labute approximate surface area is 115 Å². The van der Waals surface area contributed by atoms with Crippen LogP contribution >= 0.6 is 11.6 Å². The molecule has 0 radical (unpaired) electrons. The third kappa shape index (κ3) is 4.53. The Balaban J connectivity index is 3.19. The Morgan fingerprint density at radius 3 is 2.42 bits per heavy atom. The molecule has 0 aromatic carbocycles. The highest BCUT2D eigenvalue weighted by molar-refractivity contribution is 6.30. The number of aromatic nitrogens is 2. The number of nitrogens with zero attached hydrogens (tertiary/aromatic N) is 3. The van der Waals surface area contributed by atoms with E-state index in [2.05, 4.69) is 9.97 Å². The summed E-state index contributed by atoms with van der Waals surface area (Å²) in [5.41, 5.74) is 0.574. The van der Waals surface area contributed by atoms with Crippen molar-refractivity contribution in [3.05, 3.63) is 17.0 Å². The highest BCUT2D eigenvalue weighted by Crippen LogP contribution is 2.29. The van der Waals surface area contributed by atoms with Gasteiger partial charge >= 0.3 is 6.18 Å². The third-order valence-electron chi connectivity index (χ3n) is 2.62. The van der Waals surface area contributed by atoms with Crippen LogP contribution in [0, 0.1) is 0 Å². The topological polar surface area (TPSA) is 29.0 Å². The van der Waals surface area contributed by atoms with E-state index in [9.17, 15) is 13.2 Å². The van der Waals surface area contributed by atoms with Gasteiger partial charge in [0.1, 0.15) is 23.8 Å². The summed E-state index contributed by atoms with van der Waals surface area (Å²) in [6.07, 6.45) is -1.78. The zero-order chi connectivity index (χ0) is 14.6. The molecule has 0 bridgehead atoms. The average molecular weight is 296 g/mol. The molecule has 108 valence electrons. The van der Waals surface area contributed by atoms with Gasteiger partial charge in [-0.15, -0.1) is 0 Å². The Kier molecular flexibility index (Phi) is 5.40. The molecule has 0 fully saturated rings. The van der Waals surface area contributed by atoms with Crippen molar-refractivity contribution in [2.45, 2.75) is 45.8 Å². The van der Waals surface area contributed by atoms with Crippen molar-refractivity contribution in [3.63, 3.8) is 0 Å². The van der Waals surface area contributed by atoms with Gasteiger partial charge in [0.2, 0.25) is 0 Å². The molecule has 0 aliphatic carbocycles. The number of rotatable bonds is 5. The molecular weight excluding hydrogens is 279 g/mol. The highest BCUT2D eigenvalue weighted by Gasteiger charge is 2.33. The minimum Gasteiger partial charge on any atom is -0.345 e. The molecule has 0 saturated carbocycles. The first-order chi connectivity index (χ1) is 8.76. The van der Waals surface area contributed by atoms with Gasteiger partial charge in [-0.1, -0.05) is 24.9 Å². The molecule has 0 spiro atoms. The van der Waals surface area contributed by atoms with E-state index in [0.29, 0.717) is 12.0 Å². The number of alkyl halides is 3. The van der Waals surface area contributed by atoms with Crippen LogP contribution in [0.4, 0.5) is 19.0 Å². The standard InChI is InChI=1S/C12H17ClF3N3/c1-4-5-9-10(13)17-7-18-11(9)19(8(2)3)6-12(14,15)16/h7-8H,4-6H2,1-3H3. The Hall–Kier alpha value is -1.04. The number of hydrogen-bond donors (Lipinski definition) is 0. The molecule has 19 heavy (non-hydrogen) atoms. The fraction of sp³-hybridized carbons (Fsp3) is 0.667. The molecule has 0 aliphatic heterocycles. The van der Waals surface area contributed by atoms with Crippen LogP contribution in [0.2, 0.25) is 5.15 Å². The van der Waals surface area contributed by atoms with Crippen molar-refractivity contribution in [1.29, 1.82) is 0 Å². The normalized spacial score (nSPS) is 12.0. The highest BCUT2D eigenvalue weighted by atomic mass is 35.5. The summed E-state index contributed by atoms with van der Waals surface area (Å²) < 4.78 is 38.0. The van der Waals surface area contributed by atoms with Gasteiger partial charge in [-0.2, -0.15) is 13.2 Å². The predicted molar refractivity (Wildman–Crippen MR) is 69.6 cm³/mol. The van der Waals surface area contributed by atoms with Crippen LogP contribution < -0.4 is 4.90 Å². The van der Waals surface area contributed by atoms with Gasteiger partial charge in [0, 0.05) is 11.6 Å². The number of hydrogen-bond acceptors (Lipinski definition) is 3. The molecule has 1 rings (SSSR count). The fourth-order valence-corrected chi connectivity index (χ4v) is 2.01. The summed E-state index contributed by atoms with van der Waals surface area (Å²) in [7, 11) is 0. The summed E-state index contributed by atoms with van der Waals surface area (Å²) in [4.78, 5) is 9.04. The van der Waals surface area contributed by atoms with Gasteiger partial charge < -0.3 is 4.90 Å². The molecule has 1 aromatic rings.